The van der Waals surface area contributed by atoms with Gasteiger partial charge in [-0.15, -0.1) is 11.3 Å². The third-order valence-electron chi connectivity index (χ3n) is 5.05. The maximum atomic E-state index is 13.1. The fourth-order valence-corrected chi connectivity index (χ4v) is 4.17. The van der Waals surface area contributed by atoms with Gasteiger partial charge in [0, 0.05) is 13.1 Å². The molecule has 1 aromatic carbocycles. The molecular formula is C22H27N3O3S. The highest BCUT2D eigenvalue weighted by Gasteiger charge is 2.27. The van der Waals surface area contributed by atoms with Crippen LogP contribution >= 0.6 is 11.3 Å². The Labute approximate surface area is 175 Å². The number of benzene rings is 1. The molecule has 6 nitrogen and oxygen atoms in total. The highest BCUT2D eigenvalue weighted by atomic mass is 32.1. The molecular weight excluding hydrogens is 386 g/mol. The van der Waals surface area contributed by atoms with Gasteiger partial charge in [0.1, 0.15) is 0 Å². The fraction of sp³-hybridized carbons (Fsp3) is 0.409. The third kappa shape index (κ3) is 6.15. The zero-order chi connectivity index (χ0) is 20.5. The quantitative estimate of drug-likeness (QED) is 0.808. The Hall–Kier alpha value is -2.67. The minimum Gasteiger partial charge on any atom is -0.356 e. The topological polar surface area (TPSA) is 78.5 Å². The summed E-state index contributed by atoms with van der Waals surface area (Å²) in [4.78, 5) is 40.1. The summed E-state index contributed by atoms with van der Waals surface area (Å²) in [6.45, 7) is 1.16. The van der Waals surface area contributed by atoms with Crippen molar-refractivity contribution in [3.8, 4) is 0 Å². The molecule has 0 aliphatic carbocycles. The van der Waals surface area contributed by atoms with Crippen LogP contribution in [0, 0.1) is 0 Å². The summed E-state index contributed by atoms with van der Waals surface area (Å²) in [6, 6.07) is 12.8. The van der Waals surface area contributed by atoms with Gasteiger partial charge in [-0.25, -0.2) is 0 Å². The molecule has 3 amide bonds. The van der Waals surface area contributed by atoms with Crippen molar-refractivity contribution in [2.75, 3.05) is 19.6 Å². The summed E-state index contributed by atoms with van der Waals surface area (Å²) in [6.07, 6.45) is 4.07. The molecule has 1 aliphatic heterocycles. The number of hydrogen-bond donors (Lipinski definition) is 2. The van der Waals surface area contributed by atoms with Crippen LogP contribution in [0.4, 0.5) is 0 Å². The monoisotopic (exact) mass is 413 g/mol. The smallest absolute Gasteiger partial charge is 0.261 e. The zero-order valence-corrected chi connectivity index (χ0v) is 17.2. The van der Waals surface area contributed by atoms with Gasteiger partial charge < -0.3 is 15.5 Å². The molecule has 1 atom stereocenters. The van der Waals surface area contributed by atoms with Crippen LogP contribution in [0.15, 0.2) is 47.8 Å². The minimum atomic E-state index is -0.347. The molecule has 1 saturated heterocycles. The van der Waals surface area contributed by atoms with E-state index in [1.54, 1.807) is 17.0 Å². The van der Waals surface area contributed by atoms with E-state index in [1.807, 2.05) is 35.7 Å². The zero-order valence-electron chi connectivity index (χ0n) is 16.4. The molecule has 0 bridgehead atoms. The molecule has 1 aliphatic rings. The predicted octanol–water partition coefficient (Wildman–Crippen LogP) is 3.13. The lowest BCUT2D eigenvalue weighted by Gasteiger charge is -2.32. The Kier molecular flexibility index (Phi) is 7.81. The molecule has 0 spiro atoms. The van der Waals surface area contributed by atoms with Gasteiger partial charge >= 0.3 is 0 Å². The second-order valence-corrected chi connectivity index (χ2v) is 8.09. The van der Waals surface area contributed by atoms with Crippen LogP contribution in [0.5, 0.6) is 0 Å². The molecule has 29 heavy (non-hydrogen) atoms. The summed E-state index contributed by atoms with van der Waals surface area (Å²) < 4.78 is 0. The van der Waals surface area contributed by atoms with Gasteiger partial charge in [-0.05, 0) is 29.9 Å². The van der Waals surface area contributed by atoms with Crippen molar-refractivity contribution in [1.29, 1.82) is 0 Å². The number of nitrogens with one attached hydrogen (secondary N) is 2. The standard InChI is InChI=1S/C22H27N3O3S/c26-20-15-18(17-9-4-3-5-10-17)25(13-7-2-1-6-12-23-20)21(27)16-24-22(28)19-11-8-14-29-19/h3-5,8-11,14,18H,1-2,6-7,12-13,15-16H2,(H,23,26)(H,24,28). The molecule has 2 N–H and O–H groups in total. The second kappa shape index (κ2) is 10.8. The number of thiophene rings is 1. The first-order valence-electron chi connectivity index (χ1n) is 10.1. The largest absolute Gasteiger partial charge is 0.356 e. The summed E-state index contributed by atoms with van der Waals surface area (Å²) in [5, 5.41) is 7.51. The first-order valence-corrected chi connectivity index (χ1v) is 11.0. The second-order valence-electron chi connectivity index (χ2n) is 7.14. The van der Waals surface area contributed by atoms with E-state index in [1.165, 1.54) is 11.3 Å². The van der Waals surface area contributed by atoms with E-state index in [0.29, 0.717) is 18.0 Å². The number of rotatable bonds is 4. The van der Waals surface area contributed by atoms with Crippen LogP contribution in [0.2, 0.25) is 0 Å². The van der Waals surface area contributed by atoms with Gasteiger partial charge in [0.2, 0.25) is 11.8 Å². The van der Waals surface area contributed by atoms with Crippen LogP contribution in [0.1, 0.15) is 53.4 Å². The van der Waals surface area contributed by atoms with E-state index in [2.05, 4.69) is 10.6 Å². The first-order chi connectivity index (χ1) is 14.1. The molecule has 0 radical (unpaired) electrons. The Bertz CT molecular complexity index is 808. The van der Waals surface area contributed by atoms with Crippen LogP contribution in [0.25, 0.3) is 0 Å². The van der Waals surface area contributed by atoms with Gasteiger partial charge in [0.15, 0.2) is 0 Å². The summed E-state index contributed by atoms with van der Waals surface area (Å²) in [7, 11) is 0. The maximum absolute atomic E-state index is 13.1. The van der Waals surface area contributed by atoms with E-state index in [0.717, 1.165) is 31.2 Å². The number of hydrogen-bond acceptors (Lipinski definition) is 4. The normalized spacial score (nSPS) is 18.4. The molecule has 7 heteroatoms. The van der Waals surface area contributed by atoms with Gasteiger partial charge in [-0.3, -0.25) is 14.4 Å². The molecule has 3 rings (SSSR count). The lowest BCUT2D eigenvalue weighted by molar-refractivity contribution is -0.134. The van der Waals surface area contributed by atoms with Gasteiger partial charge in [-0.2, -0.15) is 0 Å². The summed E-state index contributed by atoms with van der Waals surface area (Å²) >= 11 is 1.34. The number of amides is 3. The molecule has 1 aromatic heterocycles. The van der Waals surface area contributed by atoms with Crippen LogP contribution in [-0.2, 0) is 9.59 Å². The highest BCUT2D eigenvalue weighted by Crippen LogP contribution is 2.26. The van der Waals surface area contributed by atoms with Crippen molar-refractivity contribution in [2.45, 2.75) is 38.1 Å². The number of carbonyl (C=O) groups excluding carboxylic acids is 3. The average Bonchev–Trinajstić information content (AvgIpc) is 3.27. The molecule has 1 fully saturated rings. The van der Waals surface area contributed by atoms with E-state index in [9.17, 15) is 14.4 Å². The lowest BCUT2D eigenvalue weighted by atomic mass is 10.0. The van der Waals surface area contributed by atoms with Gasteiger partial charge in [-0.1, -0.05) is 49.2 Å². The van der Waals surface area contributed by atoms with Crippen molar-refractivity contribution in [3.05, 3.63) is 58.3 Å². The first kappa shape index (κ1) is 21.0. The lowest BCUT2D eigenvalue weighted by Crippen LogP contribution is -2.43. The Morgan fingerprint density at radius 3 is 2.62 bits per heavy atom. The molecule has 2 heterocycles. The molecule has 0 saturated carbocycles. The van der Waals surface area contributed by atoms with E-state index in [4.69, 9.17) is 0 Å². The van der Waals surface area contributed by atoms with Crippen LogP contribution < -0.4 is 10.6 Å². The number of nitrogens with zero attached hydrogens (tertiary/aromatic N) is 1. The van der Waals surface area contributed by atoms with Crippen LogP contribution in [0.3, 0.4) is 0 Å². The Morgan fingerprint density at radius 1 is 1.07 bits per heavy atom. The molecule has 154 valence electrons. The van der Waals surface area contributed by atoms with E-state index >= 15 is 0 Å². The van der Waals surface area contributed by atoms with E-state index in [-0.39, 0.29) is 36.7 Å². The van der Waals surface area contributed by atoms with Crippen LogP contribution in [-0.4, -0.2) is 42.3 Å². The maximum Gasteiger partial charge on any atom is 0.261 e. The van der Waals surface area contributed by atoms with E-state index < -0.39 is 0 Å². The average molecular weight is 414 g/mol. The van der Waals surface area contributed by atoms with Gasteiger partial charge in [0.05, 0.1) is 23.9 Å². The van der Waals surface area contributed by atoms with Crippen molar-refractivity contribution in [2.24, 2.45) is 0 Å². The Balaban J connectivity index is 1.77. The number of carbonyl (C=O) groups is 3. The molecule has 2 aromatic rings. The fourth-order valence-electron chi connectivity index (χ4n) is 3.53. The van der Waals surface area contributed by atoms with Crippen molar-refractivity contribution in [1.82, 2.24) is 15.5 Å². The minimum absolute atomic E-state index is 0.0545. The predicted molar refractivity (Wildman–Crippen MR) is 114 cm³/mol. The van der Waals surface area contributed by atoms with Crippen molar-refractivity contribution < 1.29 is 14.4 Å². The highest BCUT2D eigenvalue weighted by molar-refractivity contribution is 7.12. The summed E-state index contributed by atoms with van der Waals surface area (Å²) in [5.41, 5.74) is 0.930. The molecule has 1 unspecified atom stereocenters. The van der Waals surface area contributed by atoms with Gasteiger partial charge in [0.25, 0.3) is 5.91 Å². The summed E-state index contributed by atoms with van der Waals surface area (Å²) in [5.74, 6) is -0.475. The third-order valence-corrected chi connectivity index (χ3v) is 5.92. The Morgan fingerprint density at radius 2 is 1.86 bits per heavy atom. The van der Waals surface area contributed by atoms with Crippen molar-refractivity contribution in [3.63, 3.8) is 0 Å². The van der Waals surface area contributed by atoms with Crippen molar-refractivity contribution >= 4 is 29.1 Å². The SMILES string of the molecule is O=C1CC(c2ccccc2)N(C(=O)CNC(=O)c2cccs2)CCCCCCN1.